The molecule has 1 unspecified atom stereocenters. The number of hydrogen-bond donors (Lipinski definition) is 1. The lowest BCUT2D eigenvalue weighted by molar-refractivity contribution is -0.139. The number of piperidine rings is 1. The van der Waals surface area contributed by atoms with Crippen molar-refractivity contribution in [3.8, 4) is 11.5 Å². The van der Waals surface area contributed by atoms with Gasteiger partial charge in [0.1, 0.15) is 6.04 Å². The molecule has 0 saturated carbocycles. The van der Waals surface area contributed by atoms with Crippen molar-refractivity contribution in [1.82, 2.24) is 15.1 Å². The van der Waals surface area contributed by atoms with Crippen molar-refractivity contribution in [2.45, 2.75) is 18.9 Å². The second-order valence-electron chi connectivity index (χ2n) is 8.95. The van der Waals surface area contributed by atoms with E-state index in [0.29, 0.717) is 74.9 Å². The molecule has 5 rings (SSSR count). The highest BCUT2D eigenvalue weighted by Crippen LogP contribution is 2.32. The first kappa shape index (κ1) is 23.2. The molecule has 1 N–H and O–H groups in total. The molecule has 3 aliphatic heterocycles. The lowest BCUT2D eigenvalue weighted by Crippen LogP contribution is -2.56. The summed E-state index contributed by atoms with van der Waals surface area (Å²) in [6.45, 7) is 3.16. The van der Waals surface area contributed by atoms with Crippen LogP contribution in [0.15, 0.2) is 48.5 Å². The van der Waals surface area contributed by atoms with Gasteiger partial charge >= 0.3 is 0 Å². The van der Waals surface area contributed by atoms with Gasteiger partial charge in [-0.25, -0.2) is 0 Å². The normalized spacial score (nSPS) is 18.7. The largest absolute Gasteiger partial charge is 0.454 e. The number of benzene rings is 2. The van der Waals surface area contributed by atoms with Crippen LogP contribution in [0.5, 0.6) is 11.5 Å². The lowest BCUT2D eigenvalue weighted by Gasteiger charge is -2.38. The number of nitrogens with zero attached hydrogens (tertiary/aromatic N) is 2. The number of carbonyl (C=O) groups excluding carboxylic acids is 3. The summed E-state index contributed by atoms with van der Waals surface area (Å²) in [5.74, 6) is 0.583. The van der Waals surface area contributed by atoms with Gasteiger partial charge in [-0.05, 0) is 49.1 Å². The molecule has 2 fully saturated rings. The minimum Gasteiger partial charge on any atom is -0.454 e. The molecule has 2 saturated heterocycles. The maximum atomic E-state index is 13.5. The molecule has 3 amide bonds. The highest BCUT2D eigenvalue weighted by Gasteiger charge is 2.37. The van der Waals surface area contributed by atoms with Crippen molar-refractivity contribution in [1.29, 1.82) is 0 Å². The third-order valence-electron chi connectivity index (χ3n) is 6.83. The number of carbonyl (C=O) groups is 3. The van der Waals surface area contributed by atoms with Gasteiger partial charge in [-0.1, -0.05) is 18.2 Å². The van der Waals surface area contributed by atoms with Crippen LogP contribution < -0.4 is 14.8 Å². The van der Waals surface area contributed by atoms with Gasteiger partial charge < -0.3 is 29.3 Å². The van der Waals surface area contributed by atoms with Gasteiger partial charge in [0.25, 0.3) is 11.8 Å². The van der Waals surface area contributed by atoms with E-state index in [1.54, 1.807) is 23.1 Å². The molecule has 0 aliphatic carbocycles. The summed E-state index contributed by atoms with van der Waals surface area (Å²) in [4.78, 5) is 43.1. The summed E-state index contributed by atoms with van der Waals surface area (Å²) in [6.07, 6.45) is 1.25. The summed E-state index contributed by atoms with van der Waals surface area (Å²) < 4.78 is 16.1. The minimum absolute atomic E-state index is 0.00972. The molecule has 0 radical (unpaired) electrons. The minimum atomic E-state index is -0.681. The van der Waals surface area contributed by atoms with Crippen molar-refractivity contribution in [3.05, 3.63) is 59.7 Å². The van der Waals surface area contributed by atoms with Crippen molar-refractivity contribution in [3.63, 3.8) is 0 Å². The first-order valence-corrected chi connectivity index (χ1v) is 12.0. The van der Waals surface area contributed by atoms with Crippen molar-refractivity contribution in [2.24, 2.45) is 5.92 Å². The van der Waals surface area contributed by atoms with Gasteiger partial charge in [0.15, 0.2) is 11.5 Å². The van der Waals surface area contributed by atoms with Crippen LogP contribution in [0.25, 0.3) is 0 Å². The third-order valence-corrected chi connectivity index (χ3v) is 6.83. The van der Waals surface area contributed by atoms with Crippen LogP contribution in [0.4, 0.5) is 0 Å². The Morgan fingerprint density at radius 3 is 2.29 bits per heavy atom. The van der Waals surface area contributed by atoms with Gasteiger partial charge in [0.05, 0.1) is 13.2 Å². The molecule has 0 spiro atoms. The standard InChI is InChI=1S/C26H29N3O6/c30-24(20-6-7-21-22(16-20)35-17-34-21)27-23(26(32)29-12-14-33-15-13-29)18-8-10-28(11-9-18)25(31)19-4-2-1-3-5-19/h1-7,16,18,23H,8-15,17H2,(H,27,30). The van der Waals surface area contributed by atoms with E-state index in [1.807, 2.05) is 35.2 Å². The van der Waals surface area contributed by atoms with Crippen molar-refractivity contribution in [2.75, 3.05) is 46.2 Å². The molecule has 3 heterocycles. The van der Waals surface area contributed by atoms with Gasteiger partial charge in [-0.15, -0.1) is 0 Å². The highest BCUT2D eigenvalue weighted by molar-refractivity contribution is 5.98. The zero-order chi connectivity index (χ0) is 24.2. The Bertz CT molecular complexity index is 1080. The van der Waals surface area contributed by atoms with Gasteiger partial charge in [-0.2, -0.15) is 0 Å². The van der Waals surface area contributed by atoms with Crippen LogP contribution in [0.3, 0.4) is 0 Å². The highest BCUT2D eigenvalue weighted by atomic mass is 16.7. The van der Waals surface area contributed by atoms with E-state index < -0.39 is 6.04 Å². The van der Waals surface area contributed by atoms with E-state index >= 15 is 0 Å². The smallest absolute Gasteiger partial charge is 0.253 e. The first-order chi connectivity index (χ1) is 17.1. The Balaban J connectivity index is 1.29. The molecule has 3 aliphatic rings. The number of fused-ring (bicyclic) bond motifs is 1. The van der Waals surface area contributed by atoms with E-state index in [0.717, 1.165) is 0 Å². The fourth-order valence-corrected chi connectivity index (χ4v) is 4.82. The van der Waals surface area contributed by atoms with E-state index in [4.69, 9.17) is 14.2 Å². The Kier molecular flexibility index (Phi) is 6.85. The molecular weight excluding hydrogens is 450 g/mol. The van der Waals surface area contributed by atoms with Crippen LogP contribution in [-0.2, 0) is 9.53 Å². The first-order valence-electron chi connectivity index (χ1n) is 12.0. The average molecular weight is 480 g/mol. The number of morpholine rings is 1. The van der Waals surface area contributed by atoms with E-state index in [1.165, 1.54) is 0 Å². The fourth-order valence-electron chi connectivity index (χ4n) is 4.82. The quantitative estimate of drug-likeness (QED) is 0.704. The fraction of sp³-hybridized carbons (Fsp3) is 0.423. The molecule has 35 heavy (non-hydrogen) atoms. The summed E-state index contributed by atoms with van der Waals surface area (Å²) in [6, 6.07) is 13.5. The Hall–Kier alpha value is -3.59. The molecule has 9 heteroatoms. The second kappa shape index (κ2) is 10.4. The number of likely N-dealkylation sites (tertiary alicyclic amines) is 1. The maximum Gasteiger partial charge on any atom is 0.253 e. The van der Waals surface area contributed by atoms with E-state index in [2.05, 4.69) is 5.32 Å². The molecule has 2 aromatic carbocycles. The van der Waals surface area contributed by atoms with E-state index in [9.17, 15) is 14.4 Å². The van der Waals surface area contributed by atoms with Crippen LogP contribution in [0, 0.1) is 5.92 Å². The molecule has 9 nitrogen and oxygen atoms in total. The second-order valence-corrected chi connectivity index (χ2v) is 8.95. The average Bonchev–Trinajstić information content (AvgIpc) is 3.40. The predicted molar refractivity (Wildman–Crippen MR) is 126 cm³/mol. The SMILES string of the molecule is O=C(NC(C(=O)N1CCOCC1)C1CCN(C(=O)c2ccccc2)CC1)c1ccc2c(c1)OCO2. The van der Waals surface area contributed by atoms with Gasteiger partial charge in [-0.3, -0.25) is 14.4 Å². The van der Waals surface area contributed by atoms with Gasteiger partial charge in [0, 0.05) is 37.3 Å². The number of hydrogen-bond acceptors (Lipinski definition) is 6. The molecular formula is C26H29N3O6. The van der Waals surface area contributed by atoms with Crippen LogP contribution in [0.2, 0.25) is 0 Å². The zero-order valence-electron chi connectivity index (χ0n) is 19.5. The monoisotopic (exact) mass is 479 g/mol. The van der Waals surface area contributed by atoms with Crippen molar-refractivity contribution >= 4 is 17.7 Å². The predicted octanol–water partition coefficient (Wildman–Crippen LogP) is 1.92. The summed E-state index contributed by atoms with van der Waals surface area (Å²) >= 11 is 0. The molecule has 184 valence electrons. The Morgan fingerprint density at radius 2 is 1.54 bits per heavy atom. The van der Waals surface area contributed by atoms with E-state index in [-0.39, 0.29) is 30.4 Å². The number of amides is 3. The molecule has 0 bridgehead atoms. The summed E-state index contributed by atoms with van der Waals surface area (Å²) in [5, 5.41) is 3.00. The summed E-state index contributed by atoms with van der Waals surface area (Å²) in [7, 11) is 0. The summed E-state index contributed by atoms with van der Waals surface area (Å²) in [5.41, 5.74) is 1.06. The topological polar surface area (TPSA) is 97.4 Å². The Labute approximate surface area is 203 Å². The van der Waals surface area contributed by atoms with Gasteiger partial charge in [0.2, 0.25) is 12.7 Å². The van der Waals surface area contributed by atoms with Crippen LogP contribution >= 0.6 is 0 Å². The molecule has 0 aromatic heterocycles. The zero-order valence-corrected chi connectivity index (χ0v) is 19.5. The maximum absolute atomic E-state index is 13.5. The number of ether oxygens (including phenoxy) is 3. The molecule has 2 aromatic rings. The lowest BCUT2D eigenvalue weighted by atomic mass is 9.87. The van der Waals surface area contributed by atoms with Crippen LogP contribution in [-0.4, -0.2) is 79.7 Å². The number of rotatable bonds is 5. The number of nitrogens with one attached hydrogen (secondary N) is 1. The molecule has 1 atom stereocenters. The Morgan fingerprint density at radius 1 is 0.829 bits per heavy atom. The van der Waals surface area contributed by atoms with Crippen LogP contribution in [0.1, 0.15) is 33.6 Å². The third kappa shape index (κ3) is 5.09. The van der Waals surface area contributed by atoms with Crippen molar-refractivity contribution < 1.29 is 28.6 Å².